The summed E-state index contributed by atoms with van der Waals surface area (Å²) in [6, 6.07) is 14.7. The van der Waals surface area contributed by atoms with Crippen LogP contribution in [0, 0.1) is 12.1 Å². The molecule has 0 saturated heterocycles. The topological polar surface area (TPSA) is 67.2 Å². The molecule has 3 heterocycles. The molecule has 0 spiro atoms. The first-order valence-electron chi connectivity index (χ1n) is 8.28. The molecule has 0 atom stereocenters. The van der Waals surface area contributed by atoms with Crippen molar-refractivity contribution < 1.29 is 35.0 Å². The Kier molecular flexibility index (Phi) is 4.69. The van der Waals surface area contributed by atoms with E-state index in [0.29, 0.717) is 34.7 Å². The van der Waals surface area contributed by atoms with Crippen LogP contribution in [0.4, 0.5) is 0 Å². The van der Waals surface area contributed by atoms with Gasteiger partial charge in [-0.1, -0.05) is 12.1 Å². The van der Waals surface area contributed by atoms with E-state index in [4.69, 9.17) is 13.9 Å². The van der Waals surface area contributed by atoms with Gasteiger partial charge in [-0.05, 0) is 11.2 Å². The Morgan fingerprint density at radius 3 is 1.64 bits per heavy atom. The van der Waals surface area contributed by atoms with Crippen LogP contribution in [0.3, 0.4) is 0 Å². The van der Waals surface area contributed by atoms with E-state index in [0.717, 1.165) is 10.8 Å². The first-order valence-corrected chi connectivity index (χ1v) is 8.28. The smallest absolute Gasteiger partial charge is 0.564 e. The zero-order valence-electron chi connectivity index (χ0n) is 14.9. The number of nitrogens with zero attached hydrogens (tertiary/aromatic N) is 4. The van der Waals surface area contributed by atoms with E-state index >= 15 is 0 Å². The van der Waals surface area contributed by atoms with Crippen LogP contribution in [0.15, 0.2) is 53.5 Å². The Hall–Kier alpha value is -3.05. The van der Waals surface area contributed by atoms with Gasteiger partial charge in [0.05, 0.1) is 0 Å². The average Bonchev–Trinajstić information content (AvgIpc) is 3.35. The summed E-state index contributed by atoms with van der Waals surface area (Å²) in [5.74, 6) is 1.09. The fraction of sp³-hybridized carbons (Fsp3) is 0.100. The third-order valence-electron chi connectivity index (χ3n) is 4.19. The van der Waals surface area contributed by atoms with Crippen molar-refractivity contribution in [3.8, 4) is 23.5 Å². The summed E-state index contributed by atoms with van der Waals surface area (Å²) < 4.78 is 21.0. The van der Waals surface area contributed by atoms with E-state index in [-0.39, 0.29) is 21.1 Å². The van der Waals surface area contributed by atoms with Gasteiger partial charge in [0.25, 0.3) is 12.0 Å². The summed E-state index contributed by atoms with van der Waals surface area (Å²) in [4.78, 5) is 8.33. The molecule has 0 unspecified atom stereocenters. The Balaban J connectivity index is 0.00000192. The van der Waals surface area contributed by atoms with Crippen LogP contribution in [-0.4, -0.2) is 19.1 Å². The molecule has 7 nitrogen and oxygen atoms in total. The summed E-state index contributed by atoms with van der Waals surface area (Å²) in [5.41, 5.74) is 1.39. The van der Waals surface area contributed by atoms with Gasteiger partial charge in [-0.2, -0.15) is 10.8 Å². The van der Waals surface area contributed by atoms with Crippen molar-refractivity contribution in [2.75, 3.05) is 0 Å². The molecule has 142 valence electrons. The maximum Gasteiger partial charge on any atom is 2.00 e. The maximum absolute atomic E-state index is 5.87. The number of benzene rings is 2. The van der Waals surface area contributed by atoms with E-state index in [9.17, 15) is 0 Å². The molecule has 8 heteroatoms. The number of hydrogen-bond acceptors (Lipinski definition) is 5. The molecule has 0 aliphatic heterocycles. The molecule has 0 radical (unpaired) electrons. The molecule has 5 rings (SSSR count). The van der Waals surface area contributed by atoms with E-state index in [1.54, 1.807) is 33.7 Å². The Morgan fingerprint density at radius 2 is 1.25 bits per heavy atom. The minimum Gasteiger partial charge on any atom is -0.564 e. The Labute approximate surface area is 174 Å². The maximum atomic E-state index is 5.87. The minimum absolute atomic E-state index is 0. The van der Waals surface area contributed by atoms with Gasteiger partial charge >= 0.3 is 21.1 Å². The number of aromatic nitrogens is 4. The molecule has 5 aromatic rings. The molecule has 0 bridgehead atoms. The van der Waals surface area contributed by atoms with Gasteiger partial charge in [0.2, 0.25) is 0 Å². The number of rotatable bonds is 4. The molecule has 0 aliphatic rings. The van der Waals surface area contributed by atoms with Gasteiger partial charge in [-0.25, -0.2) is 9.97 Å². The molecular weight excluding hydrogens is 539 g/mol. The van der Waals surface area contributed by atoms with E-state index in [1.165, 1.54) is 0 Å². The number of aryl methyl sites for hydroxylation is 2. The van der Waals surface area contributed by atoms with Crippen LogP contribution < -0.4 is 9.47 Å². The van der Waals surface area contributed by atoms with Crippen molar-refractivity contribution in [1.82, 2.24) is 19.1 Å². The van der Waals surface area contributed by atoms with Gasteiger partial charge in [-0.15, -0.1) is 24.3 Å². The van der Waals surface area contributed by atoms with Gasteiger partial charge in [0, 0.05) is 50.4 Å². The van der Waals surface area contributed by atoms with Gasteiger partial charge < -0.3 is 23.0 Å². The number of imidazole rings is 2. The zero-order chi connectivity index (χ0) is 18.4. The third kappa shape index (κ3) is 3.18. The summed E-state index contributed by atoms with van der Waals surface area (Å²) in [5, 5.41) is 1.53. The molecule has 0 aliphatic carbocycles. The molecule has 0 amide bonds. The van der Waals surface area contributed by atoms with Gasteiger partial charge in [0.1, 0.15) is 0 Å². The summed E-state index contributed by atoms with van der Waals surface area (Å²) in [6.07, 6.45) is 6.98. The quantitative estimate of drug-likeness (QED) is 0.312. The van der Waals surface area contributed by atoms with Gasteiger partial charge in [-0.3, -0.25) is 0 Å². The second kappa shape index (κ2) is 7.17. The van der Waals surface area contributed by atoms with Crippen molar-refractivity contribution in [1.29, 1.82) is 0 Å². The standard InChI is InChI=1S/C20H14N4O3.Pt/c1-23-9-7-21-19(23)25-13-3-5-17-15(11-13)16-12-14(4-6-18(16)27-17)26-20-22-8-10-24(20)2;/h3-10H,1-2H3;/q-2;+2. The number of ether oxygens (including phenoxy) is 2. The third-order valence-corrected chi connectivity index (χ3v) is 4.19. The van der Waals surface area contributed by atoms with Crippen LogP contribution in [0.5, 0.6) is 23.5 Å². The Bertz CT molecular complexity index is 1170. The molecule has 2 aromatic carbocycles. The van der Waals surface area contributed by atoms with E-state index < -0.39 is 0 Å². The number of hydrogen-bond donors (Lipinski definition) is 0. The van der Waals surface area contributed by atoms with Gasteiger partial charge in [0.15, 0.2) is 0 Å². The average molecular weight is 553 g/mol. The summed E-state index contributed by atoms with van der Waals surface area (Å²) in [6.45, 7) is 0. The largest absolute Gasteiger partial charge is 2.00 e. The molecular formula is C20H14N4O3Pt. The number of furan rings is 1. The predicted molar refractivity (Wildman–Crippen MR) is 98.0 cm³/mol. The second-order valence-electron chi connectivity index (χ2n) is 6.07. The minimum atomic E-state index is 0. The Morgan fingerprint density at radius 1 is 0.786 bits per heavy atom. The molecule has 0 saturated carbocycles. The van der Waals surface area contributed by atoms with Crippen LogP contribution in [0.2, 0.25) is 0 Å². The monoisotopic (exact) mass is 553 g/mol. The fourth-order valence-electron chi connectivity index (χ4n) is 2.80. The molecule has 0 N–H and O–H groups in total. The van der Waals surface area contributed by atoms with E-state index in [2.05, 4.69) is 22.1 Å². The molecule has 28 heavy (non-hydrogen) atoms. The first kappa shape index (κ1) is 18.3. The number of fused-ring (bicyclic) bond motifs is 3. The normalized spacial score (nSPS) is 10.9. The van der Waals surface area contributed by atoms with Crippen LogP contribution >= 0.6 is 0 Å². The SMILES string of the molecule is Cn1ccnc1Oc1[c-]c2c(cc1)oc1ccc(Oc3nccn3C)[c-]c12.[Pt+2]. The van der Waals surface area contributed by atoms with Crippen LogP contribution in [0.1, 0.15) is 0 Å². The fourth-order valence-corrected chi connectivity index (χ4v) is 2.80. The van der Waals surface area contributed by atoms with Crippen molar-refractivity contribution >= 4 is 21.9 Å². The van der Waals surface area contributed by atoms with Crippen LogP contribution in [-0.2, 0) is 35.2 Å². The van der Waals surface area contributed by atoms with Crippen molar-refractivity contribution in [3.05, 3.63) is 61.2 Å². The van der Waals surface area contributed by atoms with Crippen molar-refractivity contribution in [2.24, 2.45) is 14.1 Å². The summed E-state index contributed by atoms with van der Waals surface area (Å²) >= 11 is 0. The molecule has 3 aromatic heterocycles. The van der Waals surface area contributed by atoms with E-state index in [1.807, 2.05) is 38.6 Å². The zero-order valence-corrected chi connectivity index (χ0v) is 17.2. The summed E-state index contributed by atoms with van der Waals surface area (Å²) in [7, 11) is 3.73. The van der Waals surface area contributed by atoms with Crippen molar-refractivity contribution in [3.63, 3.8) is 0 Å². The van der Waals surface area contributed by atoms with Crippen LogP contribution in [0.25, 0.3) is 21.9 Å². The predicted octanol–water partition coefficient (Wildman–Crippen LogP) is 4.24. The second-order valence-corrected chi connectivity index (χ2v) is 6.07. The van der Waals surface area contributed by atoms with Crippen molar-refractivity contribution in [2.45, 2.75) is 0 Å². The first-order chi connectivity index (χ1) is 13.2. The molecule has 0 fully saturated rings.